The van der Waals surface area contributed by atoms with Gasteiger partial charge in [-0.25, -0.2) is 9.87 Å². The lowest BCUT2D eigenvalue weighted by atomic mass is 10.0. The molecule has 2 aliphatic rings. The van der Waals surface area contributed by atoms with Crippen LogP contribution >= 0.6 is 15.9 Å². The summed E-state index contributed by atoms with van der Waals surface area (Å²) in [4.78, 5) is 31.0. The minimum absolute atomic E-state index is 0.164. The number of nitrogens with one attached hydrogen (secondary N) is 2. The molecule has 2 heterocycles. The molecule has 0 bridgehead atoms. The average molecular weight is 450 g/mol. The molecule has 1 aromatic heterocycles. The highest BCUT2D eigenvalue weighted by atomic mass is 79.9. The van der Waals surface area contributed by atoms with Gasteiger partial charge in [-0.15, -0.1) is 0 Å². The maximum Gasteiger partial charge on any atom is 0.278 e. The van der Waals surface area contributed by atoms with Crippen molar-refractivity contribution < 1.29 is 14.0 Å². The van der Waals surface area contributed by atoms with Crippen molar-refractivity contribution in [3.63, 3.8) is 0 Å². The smallest absolute Gasteiger partial charge is 0.278 e. The molecule has 1 amide bonds. The minimum atomic E-state index is -0.481. The largest absolute Gasteiger partial charge is 0.352 e. The van der Waals surface area contributed by atoms with Crippen LogP contribution in [0, 0.1) is 18.7 Å². The van der Waals surface area contributed by atoms with Crippen molar-refractivity contribution in [3.05, 3.63) is 55.7 Å². The van der Waals surface area contributed by atoms with Gasteiger partial charge in [0.05, 0.1) is 23.5 Å². The number of hydrogen-bond acceptors (Lipinski definition) is 4. The first-order chi connectivity index (χ1) is 13.5. The molecule has 28 heavy (non-hydrogen) atoms. The Bertz CT molecular complexity index is 1000. The topological polar surface area (TPSA) is 72.4 Å². The normalized spacial score (nSPS) is 15.4. The van der Waals surface area contributed by atoms with Gasteiger partial charge in [0, 0.05) is 22.3 Å². The molecule has 2 N–H and O–H groups in total. The fraction of sp³-hybridized carbons (Fsp3) is 0.400. The van der Waals surface area contributed by atoms with E-state index in [1.54, 1.807) is 23.6 Å². The molecule has 0 atom stereocenters. The highest BCUT2D eigenvalue weighted by Crippen LogP contribution is 2.31. The van der Waals surface area contributed by atoms with Crippen LogP contribution in [0.5, 0.6) is 0 Å². The first-order valence-corrected chi connectivity index (χ1v) is 10.2. The Hall–Kier alpha value is -2.19. The van der Waals surface area contributed by atoms with Crippen LogP contribution in [0.15, 0.2) is 27.5 Å². The molecule has 8 heteroatoms. The fourth-order valence-corrected chi connectivity index (χ4v) is 3.82. The molecular formula is C20H21BrFN3O3. The number of hydroxylamine groups is 1. The van der Waals surface area contributed by atoms with Gasteiger partial charge >= 0.3 is 0 Å². The van der Waals surface area contributed by atoms with E-state index in [2.05, 4.69) is 26.7 Å². The van der Waals surface area contributed by atoms with Crippen LogP contribution in [-0.2, 0) is 17.8 Å². The number of halogens is 2. The fourth-order valence-electron chi connectivity index (χ4n) is 3.49. The van der Waals surface area contributed by atoms with Crippen molar-refractivity contribution >= 4 is 33.2 Å². The van der Waals surface area contributed by atoms with E-state index in [0.717, 1.165) is 19.3 Å². The summed E-state index contributed by atoms with van der Waals surface area (Å²) in [6.07, 6.45) is 3.62. The van der Waals surface area contributed by atoms with Crippen molar-refractivity contribution in [1.82, 2.24) is 10.0 Å². The Kier molecular flexibility index (Phi) is 5.25. The Morgan fingerprint density at radius 2 is 2.18 bits per heavy atom. The zero-order chi connectivity index (χ0) is 19.8. The average Bonchev–Trinajstić information content (AvgIpc) is 3.35. The van der Waals surface area contributed by atoms with Gasteiger partial charge < -0.3 is 9.88 Å². The van der Waals surface area contributed by atoms with Gasteiger partial charge in [-0.05, 0) is 56.7 Å². The van der Waals surface area contributed by atoms with Gasteiger partial charge in [0.15, 0.2) is 0 Å². The molecular weight excluding hydrogens is 429 g/mol. The number of benzene rings is 1. The number of rotatable bonds is 6. The highest BCUT2D eigenvalue weighted by molar-refractivity contribution is 9.10. The predicted molar refractivity (Wildman–Crippen MR) is 107 cm³/mol. The van der Waals surface area contributed by atoms with Crippen molar-refractivity contribution in [2.24, 2.45) is 5.92 Å². The summed E-state index contributed by atoms with van der Waals surface area (Å²) in [6.45, 7) is 2.70. The Morgan fingerprint density at radius 3 is 2.89 bits per heavy atom. The number of nitrogens with zero attached hydrogens (tertiary/aromatic N) is 1. The van der Waals surface area contributed by atoms with Crippen molar-refractivity contribution in [2.45, 2.75) is 39.2 Å². The third kappa shape index (κ3) is 3.71. The van der Waals surface area contributed by atoms with Crippen LogP contribution in [0.4, 0.5) is 15.8 Å². The van der Waals surface area contributed by atoms with Crippen molar-refractivity contribution in [3.8, 4) is 0 Å². The number of fused-ring (bicyclic) bond motifs is 1. The summed E-state index contributed by atoms with van der Waals surface area (Å²) >= 11 is 3.23. The molecule has 0 unspecified atom stereocenters. The van der Waals surface area contributed by atoms with E-state index in [1.165, 1.54) is 6.07 Å². The number of aromatic nitrogens is 1. The summed E-state index contributed by atoms with van der Waals surface area (Å²) < 4.78 is 16.6. The Morgan fingerprint density at radius 1 is 1.39 bits per heavy atom. The van der Waals surface area contributed by atoms with E-state index >= 15 is 0 Å². The standard InChI is InChI=1S/C20H21BrFN3O3/c1-11-18(23-15-7-6-13(21)9-14(15)22)17(16-3-2-8-25(16)20(11)27)19(26)24-28-10-12-4-5-12/h6-7,9,12,23H,2-5,8,10H2,1H3,(H,24,26). The predicted octanol–water partition coefficient (Wildman–Crippen LogP) is 3.82. The second-order valence-corrected chi connectivity index (χ2v) is 8.23. The molecule has 1 aliphatic carbocycles. The zero-order valence-electron chi connectivity index (χ0n) is 15.5. The lowest BCUT2D eigenvalue weighted by Crippen LogP contribution is -2.32. The summed E-state index contributed by atoms with van der Waals surface area (Å²) in [7, 11) is 0. The maximum absolute atomic E-state index is 14.4. The lowest BCUT2D eigenvalue weighted by molar-refractivity contribution is 0.0269. The molecule has 1 aliphatic heterocycles. The van der Waals surface area contributed by atoms with Gasteiger partial charge in [-0.1, -0.05) is 15.9 Å². The van der Waals surface area contributed by atoms with Crippen LogP contribution in [0.3, 0.4) is 0 Å². The van der Waals surface area contributed by atoms with Crippen LogP contribution in [0.2, 0.25) is 0 Å². The Labute approximate surface area is 170 Å². The van der Waals surface area contributed by atoms with E-state index in [1.807, 2.05) is 0 Å². The maximum atomic E-state index is 14.4. The monoisotopic (exact) mass is 449 g/mol. The third-order valence-corrected chi connectivity index (χ3v) is 5.69. The van der Waals surface area contributed by atoms with E-state index in [9.17, 15) is 14.0 Å². The molecule has 0 saturated heterocycles. The van der Waals surface area contributed by atoms with Crippen molar-refractivity contribution in [1.29, 1.82) is 0 Å². The third-order valence-electron chi connectivity index (χ3n) is 5.20. The number of carbonyl (C=O) groups is 1. The second kappa shape index (κ2) is 7.67. The highest BCUT2D eigenvalue weighted by Gasteiger charge is 2.28. The summed E-state index contributed by atoms with van der Waals surface area (Å²) in [5.74, 6) is -0.402. The second-order valence-electron chi connectivity index (χ2n) is 7.32. The molecule has 0 radical (unpaired) electrons. The molecule has 1 aromatic carbocycles. The molecule has 2 aromatic rings. The molecule has 0 spiro atoms. The zero-order valence-corrected chi connectivity index (χ0v) is 17.1. The number of anilines is 2. The first-order valence-electron chi connectivity index (χ1n) is 9.36. The molecule has 6 nitrogen and oxygen atoms in total. The summed E-state index contributed by atoms with van der Waals surface area (Å²) in [6, 6.07) is 4.59. The van der Waals surface area contributed by atoms with Crippen LogP contribution in [-0.4, -0.2) is 17.1 Å². The van der Waals surface area contributed by atoms with Crippen molar-refractivity contribution in [2.75, 3.05) is 11.9 Å². The summed E-state index contributed by atoms with van der Waals surface area (Å²) in [5, 5.41) is 2.97. The number of pyridine rings is 1. The van der Waals surface area contributed by atoms with Gasteiger partial charge in [-0.3, -0.25) is 14.4 Å². The number of amides is 1. The molecule has 1 saturated carbocycles. The van der Waals surface area contributed by atoms with E-state index in [-0.39, 0.29) is 11.2 Å². The van der Waals surface area contributed by atoms with Gasteiger partial charge in [0.1, 0.15) is 5.82 Å². The van der Waals surface area contributed by atoms with E-state index in [0.29, 0.717) is 52.5 Å². The molecule has 4 rings (SSSR count). The molecule has 1 fully saturated rings. The summed E-state index contributed by atoms with van der Waals surface area (Å²) in [5.41, 5.74) is 4.23. The van der Waals surface area contributed by atoms with E-state index in [4.69, 9.17) is 4.84 Å². The van der Waals surface area contributed by atoms with Gasteiger partial charge in [-0.2, -0.15) is 0 Å². The number of hydrogen-bond donors (Lipinski definition) is 2. The van der Waals surface area contributed by atoms with E-state index < -0.39 is 11.7 Å². The van der Waals surface area contributed by atoms with Crippen LogP contribution in [0.25, 0.3) is 0 Å². The molecule has 148 valence electrons. The van der Waals surface area contributed by atoms with Gasteiger partial charge in [0.25, 0.3) is 11.5 Å². The first kappa shape index (κ1) is 19.1. The van der Waals surface area contributed by atoms with Crippen LogP contribution < -0.4 is 16.4 Å². The van der Waals surface area contributed by atoms with Gasteiger partial charge in [0.2, 0.25) is 0 Å². The lowest BCUT2D eigenvalue weighted by Gasteiger charge is -2.19. The number of carbonyl (C=O) groups excluding carboxylic acids is 1. The minimum Gasteiger partial charge on any atom is -0.352 e. The quantitative estimate of drug-likeness (QED) is 0.657. The SMILES string of the molecule is Cc1c(Nc2ccc(Br)cc2F)c(C(=O)NOCC2CC2)c2n(c1=O)CCC2. The Balaban J connectivity index is 1.73. The van der Waals surface area contributed by atoms with Crippen LogP contribution in [0.1, 0.15) is 40.9 Å².